The van der Waals surface area contributed by atoms with Crippen LogP contribution in [0.2, 0.25) is 0 Å². The second-order valence-electron chi connectivity index (χ2n) is 18.4. The third-order valence-electron chi connectivity index (χ3n) is 13.5. The number of amidine groups is 2. The fourth-order valence-electron chi connectivity index (χ4n) is 9.89. The molecule has 1 atom stereocenters. The van der Waals surface area contributed by atoms with Crippen molar-refractivity contribution in [3.05, 3.63) is 142 Å². The lowest BCUT2D eigenvalue weighted by Crippen LogP contribution is -2.64. The maximum absolute atomic E-state index is 15.9. The van der Waals surface area contributed by atoms with Gasteiger partial charge in [0, 0.05) is 47.0 Å². The van der Waals surface area contributed by atoms with Crippen molar-refractivity contribution in [3.63, 3.8) is 0 Å². The van der Waals surface area contributed by atoms with Gasteiger partial charge in [0.2, 0.25) is 0 Å². The topological polar surface area (TPSA) is 93.2 Å². The maximum atomic E-state index is 15.9. The van der Waals surface area contributed by atoms with Crippen LogP contribution in [0.5, 0.6) is 5.75 Å². The van der Waals surface area contributed by atoms with E-state index < -0.39 is 5.67 Å². The number of nitrogens with zero attached hydrogens (tertiary/aromatic N) is 5. The van der Waals surface area contributed by atoms with E-state index in [2.05, 4.69) is 83.1 Å². The highest BCUT2D eigenvalue weighted by atomic mass is 32.1. The molecule has 4 aliphatic heterocycles. The van der Waals surface area contributed by atoms with E-state index in [-0.39, 0.29) is 6.04 Å². The number of hydrogen-bond acceptors (Lipinski definition) is 8. The van der Waals surface area contributed by atoms with Crippen LogP contribution in [0.15, 0.2) is 114 Å². The largest absolute Gasteiger partial charge is 0.508 e. The summed E-state index contributed by atoms with van der Waals surface area (Å²) in [4.78, 5) is 14.9. The predicted molar refractivity (Wildman–Crippen MR) is 262 cm³/mol. The van der Waals surface area contributed by atoms with Gasteiger partial charge in [-0.3, -0.25) is 25.6 Å². The highest BCUT2D eigenvalue weighted by Crippen LogP contribution is 2.41. The van der Waals surface area contributed by atoms with Gasteiger partial charge in [0.15, 0.2) is 5.67 Å². The van der Waals surface area contributed by atoms with Gasteiger partial charge in [-0.25, -0.2) is 4.39 Å². The smallest absolute Gasteiger partial charge is 0.158 e. The van der Waals surface area contributed by atoms with Crippen LogP contribution < -0.4 is 14.7 Å². The standard InChI is InChI=1S/C37H46FN7S.C10H12O.C6H6/c1-24-26(3)46-36-33(24)34(41-25(2)35(40)45(36)27(4)39)30-10-12-32(13-11-30)44-22-37(38,23-44)21-42-16-14-28(15-17-42)18-29-19-43(20-29)31-8-6-5-7-9-31;11-10-6-5-8-3-1-2-4-9(8)7-10;1-2-4-6-5-3-1/h5-13,25,28-29,39-40H,14-23H2,1-4H3;5-7,11H,1-4H2;1-6H/t25-;;/m0../s1. The minimum absolute atomic E-state index is 0.319. The van der Waals surface area contributed by atoms with E-state index in [4.69, 9.17) is 15.8 Å². The molecule has 5 aromatic rings. The fourth-order valence-corrected chi connectivity index (χ4v) is 11.1. The number of anilines is 3. The Balaban J connectivity index is 0.000000264. The molecule has 10 rings (SSSR count). The fraction of sp³-hybridized carbons (Fsp3) is 0.415. The SMILES string of the molecule is CC(=N)N1C(=N)[C@H](C)N=C(c2ccc(N3CC(F)(CN4CCC(CC5CN(c6ccccc6)C5)CC4)C3)cc2)c2c1sc(C)c2C.Oc1ccc2c(c1)CCCC2.c1ccccc1. The summed E-state index contributed by atoms with van der Waals surface area (Å²) in [6.45, 7) is 13.6. The molecule has 1 aliphatic carbocycles. The number of alkyl halides is 1. The minimum Gasteiger partial charge on any atom is -0.508 e. The lowest BCUT2D eigenvalue weighted by atomic mass is 9.83. The van der Waals surface area contributed by atoms with E-state index in [1.165, 1.54) is 73.3 Å². The Morgan fingerprint density at radius 2 is 1.41 bits per heavy atom. The van der Waals surface area contributed by atoms with Gasteiger partial charge in [0.1, 0.15) is 28.5 Å². The number of halogens is 1. The van der Waals surface area contributed by atoms with E-state index in [0.29, 0.717) is 37.1 Å². The lowest BCUT2D eigenvalue weighted by molar-refractivity contribution is 0.0448. The molecule has 0 unspecified atom stereocenters. The average Bonchev–Trinajstić information content (AvgIpc) is 3.50. The van der Waals surface area contributed by atoms with Crippen molar-refractivity contribution in [1.82, 2.24) is 4.90 Å². The van der Waals surface area contributed by atoms with Crippen LogP contribution >= 0.6 is 11.3 Å². The first-order chi connectivity index (χ1) is 30.4. The number of piperidine rings is 1. The van der Waals surface area contributed by atoms with Gasteiger partial charge in [-0.05, 0) is 151 Å². The van der Waals surface area contributed by atoms with Crippen molar-refractivity contribution in [3.8, 4) is 5.75 Å². The number of rotatable bonds is 7. The first kappa shape index (κ1) is 44.3. The number of hydrogen-bond donors (Lipinski definition) is 3. The summed E-state index contributed by atoms with van der Waals surface area (Å²) in [7, 11) is 0. The molecule has 1 aromatic heterocycles. The molecule has 3 N–H and O–H groups in total. The van der Waals surface area contributed by atoms with Gasteiger partial charge in [0.05, 0.1) is 18.8 Å². The predicted octanol–water partition coefficient (Wildman–Crippen LogP) is 11.1. The molecule has 3 saturated heterocycles. The number of aromatic hydroxyl groups is 1. The van der Waals surface area contributed by atoms with Crippen LogP contribution in [0.25, 0.3) is 0 Å². The average molecular weight is 866 g/mol. The summed E-state index contributed by atoms with van der Waals surface area (Å²) in [5.41, 5.74) is 7.98. The van der Waals surface area contributed by atoms with E-state index in [1.807, 2.05) is 55.5 Å². The molecule has 0 spiro atoms. The summed E-state index contributed by atoms with van der Waals surface area (Å²) in [6, 6.07) is 36.4. The number of phenols is 1. The molecular weight excluding hydrogens is 802 g/mol. The Morgan fingerprint density at radius 3 is 2.05 bits per heavy atom. The Labute approximate surface area is 378 Å². The summed E-state index contributed by atoms with van der Waals surface area (Å²) in [6.07, 6.45) is 8.59. The first-order valence-corrected chi connectivity index (χ1v) is 23.8. The molecule has 0 saturated carbocycles. The van der Waals surface area contributed by atoms with Crippen molar-refractivity contribution >= 4 is 45.1 Å². The Kier molecular flexibility index (Phi) is 13.8. The molecule has 63 heavy (non-hydrogen) atoms. The third-order valence-corrected chi connectivity index (χ3v) is 14.7. The second kappa shape index (κ2) is 19.6. The van der Waals surface area contributed by atoms with Crippen LogP contribution in [-0.2, 0) is 12.8 Å². The van der Waals surface area contributed by atoms with E-state index in [9.17, 15) is 5.11 Å². The van der Waals surface area contributed by atoms with E-state index in [1.54, 1.807) is 29.2 Å². The molecule has 8 nitrogen and oxygen atoms in total. The zero-order valence-corrected chi connectivity index (χ0v) is 38.3. The summed E-state index contributed by atoms with van der Waals surface area (Å²) >= 11 is 1.62. The van der Waals surface area contributed by atoms with Gasteiger partial charge < -0.3 is 14.9 Å². The number of aryl methyl sites for hydroxylation is 3. The molecule has 3 fully saturated rings. The van der Waals surface area contributed by atoms with Crippen molar-refractivity contribution in [2.24, 2.45) is 16.8 Å². The zero-order chi connectivity index (χ0) is 44.1. The zero-order valence-electron chi connectivity index (χ0n) is 37.5. The van der Waals surface area contributed by atoms with E-state index >= 15 is 4.39 Å². The molecular formula is C53H64FN7OS. The monoisotopic (exact) mass is 865 g/mol. The third kappa shape index (κ3) is 10.4. The molecule has 0 radical (unpaired) electrons. The van der Waals surface area contributed by atoms with Gasteiger partial charge >= 0.3 is 0 Å². The van der Waals surface area contributed by atoms with Gasteiger partial charge in [-0.2, -0.15) is 0 Å². The van der Waals surface area contributed by atoms with Crippen LogP contribution in [0.4, 0.5) is 20.8 Å². The number of thiophene rings is 1. The molecule has 5 heterocycles. The minimum atomic E-state index is -1.16. The van der Waals surface area contributed by atoms with Crippen LogP contribution in [0.3, 0.4) is 0 Å². The van der Waals surface area contributed by atoms with Crippen molar-refractivity contribution in [2.45, 2.75) is 84.4 Å². The van der Waals surface area contributed by atoms with Gasteiger partial charge in [-0.15, -0.1) is 11.3 Å². The first-order valence-electron chi connectivity index (χ1n) is 22.9. The van der Waals surface area contributed by atoms with Crippen LogP contribution in [-0.4, -0.2) is 84.9 Å². The second-order valence-corrected chi connectivity index (χ2v) is 19.6. The van der Waals surface area contributed by atoms with Crippen LogP contribution in [0, 0.1) is 36.5 Å². The summed E-state index contributed by atoms with van der Waals surface area (Å²) in [5.74, 6) is 2.62. The number of likely N-dealkylation sites (tertiary alicyclic amines) is 1. The molecule has 0 amide bonds. The Morgan fingerprint density at radius 1 is 0.810 bits per heavy atom. The van der Waals surface area contributed by atoms with Crippen molar-refractivity contribution < 1.29 is 9.50 Å². The number of para-hydroxylation sites is 1. The Hall–Kier alpha value is -5.32. The molecule has 5 aliphatic rings. The number of fused-ring (bicyclic) bond motifs is 2. The number of aliphatic imine (C=N–C) groups is 1. The molecule has 330 valence electrons. The maximum Gasteiger partial charge on any atom is 0.158 e. The summed E-state index contributed by atoms with van der Waals surface area (Å²) < 4.78 is 15.9. The summed E-state index contributed by atoms with van der Waals surface area (Å²) in [5, 5.41) is 27.2. The number of nitrogens with one attached hydrogen (secondary N) is 2. The molecule has 10 heteroatoms. The van der Waals surface area contributed by atoms with E-state index in [0.717, 1.165) is 64.4 Å². The Bertz CT molecular complexity index is 2330. The van der Waals surface area contributed by atoms with Gasteiger partial charge in [-0.1, -0.05) is 72.8 Å². The molecule has 4 aromatic carbocycles. The van der Waals surface area contributed by atoms with Crippen LogP contribution in [0.1, 0.15) is 78.6 Å². The number of phenolic OH excluding ortho intramolecular Hbond substituents is 1. The van der Waals surface area contributed by atoms with Crippen molar-refractivity contribution in [2.75, 3.05) is 60.5 Å². The normalized spacial score (nSPS) is 19.8. The number of benzene rings is 4. The highest BCUT2D eigenvalue weighted by Gasteiger charge is 2.45. The van der Waals surface area contributed by atoms with Gasteiger partial charge in [0.25, 0.3) is 0 Å². The quantitative estimate of drug-likeness (QED) is 0.112. The lowest BCUT2D eigenvalue weighted by Gasteiger charge is -2.49. The van der Waals surface area contributed by atoms with Crippen molar-refractivity contribution in [1.29, 1.82) is 10.8 Å². The molecule has 0 bridgehead atoms. The highest BCUT2D eigenvalue weighted by molar-refractivity contribution is 7.17.